The molecule has 36 heavy (non-hydrogen) atoms. The summed E-state index contributed by atoms with van der Waals surface area (Å²) in [5.41, 5.74) is 1.32. The van der Waals surface area contributed by atoms with E-state index in [2.05, 4.69) is 13.8 Å². The van der Waals surface area contributed by atoms with Crippen molar-refractivity contribution in [2.75, 3.05) is 11.5 Å². The van der Waals surface area contributed by atoms with Gasteiger partial charge in [-0.25, -0.2) is 4.79 Å². The topological polar surface area (TPSA) is 76.1 Å². The van der Waals surface area contributed by atoms with Crippen LogP contribution in [0.3, 0.4) is 0 Å². The molecule has 1 amide bonds. The largest absolute Gasteiger partial charge is 0.490 e. The lowest BCUT2D eigenvalue weighted by Gasteiger charge is -2.18. The van der Waals surface area contributed by atoms with Crippen LogP contribution in [0.2, 0.25) is 0 Å². The number of carboxylic acids is 1. The zero-order valence-corrected chi connectivity index (χ0v) is 22.6. The lowest BCUT2D eigenvalue weighted by molar-refractivity contribution is -0.113. The van der Waals surface area contributed by atoms with E-state index in [4.69, 9.17) is 21.7 Å². The van der Waals surface area contributed by atoms with Crippen molar-refractivity contribution in [3.05, 3.63) is 58.5 Å². The average Bonchev–Trinajstić information content (AvgIpc) is 3.13. The number of amides is 1. The molecular weight excluding hydrogens is 494 g/mol. The normalized spacial score (nSPS) is 15.4. The van der Waals surface area contributed by atoms with Gasteiger partial charge in [0.15, 0.2) is 15.8 Å². The fraction of sp³-hybridized carbons (Fsp3) is 0.393. The van der Waals surface area contributed by atoms with E-state index in [-0.39, 0.29) is 17.6 Å². The molecule has 1 aliphatic heterocycles. The Morgan fingerprint density at radius 3 is 2.61 bits per heavy atom. The van der Waals surface area contributed by atoms with E-state index >= 15 is 0 Å². The monoisotopic (exact) mass is 527 g/mol. The lowest BCUT2D eigenvalue weighted by Crippen LogP contribution is -2.27. The minimum atomic E-state index is -1.06. The summed E-state index contributed by atoms with van der Waals surface area (Å²) < 4.78 is 12.4. The third kappa shape index (κ3) is 7.34. The number of thiocarbonyl (C=S) groups is 1. The number of hydrogen-bond donors (Lipinski definition) is 1. The van der Waals surface area contributed by atoms with Gasteiger partial charge in [0.05, 0.1) is 28.9 Å². The maximum atomic E-state index is 13.1. The maximum Gasteiger partial charge on any atom is 0.335 e. The molecule has 1 aliphatic rings. The number of nitrogens with zero attached hydrogens (tertiary/aromatic N) is 1. The number of unbranched alkanes of at least 4 members (excludes halogenated alkanes) is 4. The first-order chi connectivity index (χ1) is 17.3. The van der Waals surface area contributed by atoms with Gasteiger partial charge >= 0.3 is 5.97 Å². The van der Waals surface area contributed by atoms with Crippen LogP contribution in [0, 0.1) is 0 Å². The van der Waals surface area contributed by atoms with Crippen molar-refractivity contribution in [1.29, 1.82) is 0 Å². The fourth-order valence-corrected chi connectivity index (χ4v) is 5.21. The van der Waals surface area contributed by atoms with Crippen molar-refractivity contribution in [2.24, 2.45) is 0 Å². The van der Waals surface area contributed by atoms with E-state index in [1.807, 2.05) is 25.1 Å². The van der Waals surface area contributed by atoms with Crippen molar-refractivity contribution in [1.82, 2.24) is 0 Å². The Bertz CT molecular complexity index is 1130. The van der Waals surface area contributed by atoms with Gasteiger partial charge in [0.2, 0.25) is 0 Å². The first-order valence-corrected chi connectivity index (χ1v) is 13.6. The molecule has 1 fully saturated rings. The van der Waals surface area contributed by atoms with Crippen LogP contribution in [-0.2, 0) is 4.79 Å². The highest BCUT2D eigenvalue weighted by Gasteiger charge is 2.33. The fourth-order valence-electron chi connectivity index (χ4n) is 3.91. The van der Waals surface area contributed by atoms with Crippen LogP contribution in [0.1, 0.15) is 75.2 Å². The van der Waals surface area contributed by atoms with E-state index in [1.54, 1.807) is 18.2 Å². The Morgan fingerprint density at radius 2 is 1.89 bits per heavy atom. The predicted molar refractivity (Wildman–Crippen MR) is 150 cm³/mol. The average molecular weight is 528 g/mol. The minimum absolute atomic E-state index is 0.0782. The second kappa shape index (κ2) is 13.5. The molecule has 1 atom stereocenters. The number of rotatable bonds is 13. The second-order valence-electron chi connectivity index (χ2n) is 8.64. The Morgan fingerprint density at radius 1 is 1.11 bits per heavy atom. The van der Waals surface area contributed by atoms with Crippen LogP contribution < -0.4 is 14.4 Å². The number of carbonyl (C=O) groups is 2. The molecule has 1 N–H and O–H groups in total. The minimum Gasteiger partial charge on any atom is -0.490 e. The number of aromatic carboxylic acids is 1. The summed E-state index contributed by atoms with van der Waals surface area (Å²) in [7, 11) is 0. The quantitative estimate of drug-likeness (QED) is 0.166. The smallest absolute Gasteiger partial charge is 0.335 e. The molecule has 0 saturated carbocycles. The molecular formula is C28H33NO5S2. The van der Waals surface area contributed by atoms with E-state index in [1.165, 1.54) is 54.5 Å². The molecule has 0 bridgehead atoms. The van der Waals surface area contributed by atoms with E-state index in [0.29, 0.717) is 33.0 Å². The zero-order chi connectivity index (χ0) is 26.1. The molecule has 1 saturated heterocycles. The molecule has 3 rings (SSSR count). The summed E-state index contributed by atoms with van der Waals surface area (Å²) in [6.07, 6.45) is 8.97. The number of ether oxygens (including phenoxy) is 2. The third-order valence-electron chi connectivity index (χ3n) is 5.75. The summed E-state index contributed by atoms with van der Waals surface area (Å²) >= 11 is 6.61. The Balaban J connectivity index is 1.74. The van der Waals surface area contributed by atoms with Gasteiger partial charge in [-0.15, -0.1) is 0 Å². The van der Waals surface area contributed by atoms with Gasteiger partial charge in [0.25, 0.3) is 5.91 Å². The van der Waals surface area contributed by atoms with Crippen molar-refractivity contribution >= 4 is 51.9 Å². The van der Waals surface area contributed by atoms with Gasteiger partial charge in [0, 0.05) is 0 Å². The van der Waals surface area contributed by atoms with Crippen LogP contribution in [0.25, 0.3) is 6.08 Å². The highest BCUT2D eigenvalue weighted by Crippen LogP contribution is 2.37. The SMILES string of the molecule is CCCCCCC[C@H](C)Oc1ccc(/C=C2/SC(=S)N(c3cccc(C(=O)O)c3)C2=O)cc1OCC. The molecule has 0 aliphatic carbocycles. The van der Waals surface area contributed by atoms with Crippen LogP contribution in [0.5, 0.6) is 11.5 Å². The molecule has 0 spiro atoms. The Kier molecular flexibility index (Phi) is 10.4. The van der Waals surface area contributed by atoms with Crippen LogP contribution in [-0.4, -0.2) is 34.0 Å². The van der Waals surface area contributed by atoms with Gasteiger partial charge in [-0.05, 0) is 68.7 Å². The molecule has 6 nitrogen and oxygen atoms in total. The summed E-state index contributed by atoms with van der Waals surface area (Å²) in [6.45, 7) is 6.71. The second-order valence-corrected chi connectivity index (χ2v) is 10.3. The highest BCUT2D eigenvalue weighted by atomic mass is 32.2. The predicted octanol–water partition coefficient (Wildman–Crippen LogP) is 7.32. The van der Waals surface area contributed by atoms with E-state index in [9.17, 15) is 14.7 Å². The number of benzene rings is 2. The number of anilines is 1. The standard InChI is InChI=1S/C28H33NO5S2/c1-4-6-7-8-9-11-19(3)34-23-15-14-20(16-24(23)33-5-2)17-25-26(30)29(28(35)36-25)22-13-10-12-21(18-22)27(31)32/h10,12-19H,4-9,11H2,1-3H3,(H,31,32)/b25-17+/t19-/m0/s1. The highest BCUT2D eigenvalue weighted by molar-refractivity contribution is 8.27. The Hall–Kier alpha value is -2.84. The molecule has 192 valence electrons. The number of carbonyl (C=O) groups excluding carboxylic acids is 1. The molecule has 2 aromatic rings. The number of carboxylic acid groups (broad SMARTS) is 1. The van der Waals surface area contributed by atoms with E-state index < -0.39 is 5.97 Å². The van der Waals surface area contributed by atoms with Gasteiger partial charge in [-0.2, -0.15) is 0 Å². The molecule has 0 radical (unpaired) electrons. The molecule has 0 unspecified atom stereocenters. The third-order valence-corrected chi connectivity index (χ3v) is 7.05. The molecule has 0 aromatic heterocycles. The van der Waals surface area contributed by atoms with Crippen LogP contribution >= 0.6 is 24.0 Å². The van der Waals surface area contributed by atoms with Gasteiger partial charge in [-0.3, -0.25) is 9.69 Å². The van der Waals surface area contributed by atoms with Crippen LogP contribution in [0.15, 0.2) is 47.4 Å². The van der Waals surface area contributed by atoms with Gasteiger partial charge in [0.1, 0.15) is 0 Å². The molecule has 2 aromatic carbocycles. The molecule has 1 heterocycles. The first-order valence-electron chi connectivity index (χ1n) is 12.4. The summed E-state index contributed by atoms with van der Waals surface area (Å²) in [5, 5.41) is 9.28. The van der Waals surface area contributed by atoms with Crippen LogP contribution in [0.4, 0.5) is 5.69 Å². The van der Waals surface area contributed by atoms with Gasteiger partial charge in [-0.1, -0.05) is 68.7 Å². The van der Waals surface area contributed by atoms with Crippen molar-refractivity contribution in [3.8, 4) is 11.5 Å². The first kappa shape index (κ1) is 27.7. The summed E-state index contributed by atoms with van der Waals surface area (Å²) in [5.74, 6) is -0.0289. The summed E-state index contributed by atoms with van der Waals surface area (Å²) in [4.78, 5) is 26.3. The van der Waals surface area contributed by atoms with Gasteiger partial charge < -0.3 is 14.6 Å². The summed E-state index contributed by atoms with van der Waals surface area (Å²) in [6, 6.07) is 11.8. The lowest BCUT2D eigenvalue weighted by atomic mass is 10.1. The van der Waals surface area contributed by atoms with Crippen molar-refractivity contribution < 1.29 is 24.2 Å². The number of thioether (sulfide) groups is 1. The zero-order valence-electron chi connectivity index (χ0n) is 21.0. The van der Waals surface area contributed by atoms with Crippen molar-refractivity contribution in [2.45, 2.75) is 65.4 Å². The Labute approximate surface area is 222 Å². The molecule has 8 heteroatoms. The van der Waals surface area contributed by atoms with Crippen molar-refractivity contribution in [3.63, 3.8) is 0 Å². The van der Waals surface area contributed by atoms with E-state index in [0.717, 1.165) is 18.4 Å². The maximum absolute atomic E-state index is 13.1. The number of hydrogen-bond acceptors (Lipinski definition) is 6.